The lowest BCUT2D eigenvalue weighted by Crippen LogP contribution is -2.44. The zero-order chi connectivity index (χ0) is 23.6. The molecule has 2 heterocycles. The minimum Gasteiger partial charge on any atom is -0.354 e. The molecule has 1 unspecified atom stereocenters. The van der Waals surface area contributed by atoms with Gasteiger partial charge in [-0.3, -0.25) is 9.78 Å². The first kappa shape index (κ1) is 23.1. The molecule has 1 amide bonds. The zero-order valence-corrected chi connectivity index (χ0v) is 19.3. The van der Waals surface area contributed by atoms with E-state index in [1.54, 1.807) is 24.3 Å². The summed E-state index contributed by atoms with van der Waals surface area (Å²) in [6, 6.07) is 17.0. The van der Waals surface area contributed by atoms with Gasteiger partial charge in [-0.05, 0) is 43.0 Å². The summed E-state index contributed by atoms with van der Waals surface area (Å²) in [7, 11) is -2.12. The molecule has 1 aliphatic rings. The summed E-state index contributed by atoms with van der Waals surface area (Å²) >= 11 is 0. The van der Waals surface area contributed by atoms with Crippen molar-refractivity contribution in [2.75, 3.05) is 7.05 Å². The third-order valence-corrected chi connectivity index (χ3v) is 8.50. The monoisotopic (exact) mass is 467 g/mol. The van der Waals surface area contributed by atoms with E-state index in [4.69, 9.17) is 0 Å². The Morgan fingerprint density at radius 2 is 1.82 bits per heavy atom. The van der Waals surface area contributed by atoms with Crippen molar-refractivity contribution in [2.45, 2.75) is 37.6 Å². The fraction of sp³-hybridized carbons (Fsp3) is 0.280. The van der Waals surface area contributed by atoms with Crippen molar-refractivity contribution < 1.29 is 17.6 Å². The van der Waals surface area contributed by atoms with Gasteiger partial charge in [0, 0.05) is 37.0 Å². The van der Waals surface area contributed by atoms with Crippen LogP contribution in [0.3, 0.4) is 0 Å². The Morgan fingerprint density at radius 3 is 2.45 bits per heavy atom. The fourth-order valence-electron chi connectivity index (χ4n) is 4.20. The van der Waals surface area contributed by atoms with Gasteiger partial charge in [0.25, 0.3) is 5.91 Å². The van der Waals surface area contributed by atoms with E-state index in [0.717, 1.165) is 5.56 Å². The minimum absolute atomic E-state index is 0.0210. The minimum atomic E-state index is -3.64. The molecule has 1 fully saturated rings. The molecular formula is C25H26FN3O3S. The van der Waals surface area contributed by atoms with E-state index < -0.39 is 21.1 Å². The standard InChI is InChI=1S/C25H26FN3O3S/c1-17-8-13-24(18-6-4-3-5-7-18)33(31,32)29(17)16-21-10-9-19(14-22(21)26)20-11-12-23(28-15-20)25(30)27-2/h3-7,9-12,14-15,17,24H,8,13,16H2,1-2H3,(H,27,30)/t17-,24?/m0/s1. The molecule has 0 aliphatic carbocycles. The fourth-order valence-corrected chi connectivity index (χ4v) is 6.39. The highest BCUT2D eigenvalue weighted by atomic mass is 32.2. The third kappa shape index (κ3) is 4.67. The molecule has 0 radical (unpaired) electrons. The lowest BCUT2D eigenvalue weighted by molar-refractivity contribution is 0.0958. The van der Waals surface area contributed by atoms with Crippen LogP contribution in [-0.4, -0.2) is 36.7 Å². The summed E-state index contributed by atoms with van der Waals surface area (Å²) in [5.74, 6) is -0.777. The molecule has 0 saturated carbocycles. The number of amides is 1. The average molecular weight is 468 g/mol. The van der Waals surface area contributed by atoms with Crippen LogP contribution in [0, 0.1) is 5.82 Å². The van der Waals surface area contributed by atoms with Crippen molar-refractivity contribution in [3.63, 3.8) is 0 Å². The topological polar surface area (TPSA) is 79.4 Å². The van der Waals surface area contributed by atoms with Crippen LogP contribution in [0.4, 0.5) is 4.39 Å². The van der Waals surface area contributed by atoms with E-state index in [1.165, 1.54) is 23.6 Å². The second kappa shape index (κ2) is 9.41. The molecule has 2 aromatic carbocycles. The predicted molar refractivity (Wildman–Crippen MR) is 125 cm³/mol. The lowest BCUT2D eigenvalue weighted by atomic mass is 10.0. The van der Waals surface area contributed by atoms with Crippen molar-refractivity contribution in [3.8, 4) is 11.1 Å². The normalized spacial score (nSPS) is 20.3. The van der Waals surface area contributed by atoms with E-state index in [-0.39, 0.29) is 24.2 Å². The number of aromatic nitrogens is 1. The molecule has 1 aliphatic heterocycles. The van der Waals surface area contributed by atoms with E-state index in [0.29, 0.717) is 29.5 Å². The maximum atomic E-state index is 15.0. The van der Waals surface area contributed by atoms with Gasteiger partial charge < -0.3 is 5.32 Å². The first-order chi connectivity index (χ1) is 15.8. The number of pyridine rings is 1. The molecule has 33 heavy (non-hydrogen) atoms. The number of nitrogens with one attached hydrogen (secondary N) is 1. The summed E-state index contributed by atoms with van der Waals surface area (Å²) in [4.78, 5) is 15.8. The average Bonchev–Trinajstić information content (AvgIpc) is 2.82. The quantitative estimate of drug-likeness (QED) is 0.607. The van der Waals surface area contributed by atoms with Crippen LogP contribution in [0.25, 0.3) is 11.1 Å². The van der Waals surface area contributed by atoms with Gasteiger partial charge in [-0.1, -0.05) is 48.5 Å². The van der Waals surface area contributed by atoms with Crippen LogP contribution < -0.4 is 5.32 Å². The molecule has 0 spiro atoms. The van der Waals surface area contributed by atoms with E-state index >= 15 is 4.39 Å². The Labute approximate surface area is 193 Å². The van der Waals surface area contributed by atoms with Crippen LogP contribution >= 0.6 is 0 Å². The molecule has 6 nitrogen and oxygen atoms in total. The largest absolute Gasteiger partial charge is 0.354 e. The number of halogens is 1. The molecule has 4 rings (SSSR count). The number of rotatable bonds is 5. The van der Waals surface area contributed by atoms with Gasteiger partial charge >= 0.3 is 0 Å². The Kier molecular flexibility index (Phi) is 6.58. The molecule has 1 aromatic heterocycles. The second-order valence-electron chi connectivity index (χ2n) is 8.23. The lowest BCUT2D eigenvalue weighted by Gasteiger charge is -2.37. The first-order valence-electron chi connectivity index (χ1n) is 10.8. The zero-order valence-electron chi connectivity index (χ0n) is 18.5. The molecule has 2 atom stereocenters. The van der Waals surface area contributed by atoms with Crippen molar-refractivity contribution in [1.82, 2.24) is 14.6 Å². The smallest absolute Gasteiger partial charge is 0.269 e. The SMILES string of the molecule is CNC(=O)c1ccc(-c2ccc(CN3[C@@H](C)CCC(c4ccccc4)S3(=O)=O)c(F)c2)cn1. The highest BCUT2D eigenvalue weighted by Gasteiger charge is 2.40. The first-order valence-corrected chi connectivity index (χ1v) is 12.3. The van der Waals surface area contributed by atoms with Gasteiger partial charge in [-0.15, -0.1) is 0 Å². The number of carbonyl (C=O) groups excluding carboxylic acids is 1. The van der Waals surface area contributed by atoms with Gasteiger partial charge in [0.05, 0.1) is 0 Å². The second-order valence-corrected chi connectivity index (χ2v) is 10.3. The molecule has 8 heteroatoms. The van der Waals surface area contributed by atoms with Crippen molar-refractivity contribution in [3.05, 3.63) is 89.5 Å². The summed E-state index contributed by atoms with van der Waals surface area (Å²) in [5, 5.41) is 1.88. The van der Waals surface area contributed by atoms with Crippen LogP contribution in [0.1, 0.15) is 46.6 Å². The Balaban J connectivity index is 1.58. The van der Waals surface area contributed by atoms with Crippen LogP contribution in [0.2, 0.25) is 0 Å². The number of sulfonamides is 1. The van der Waals surface area contributed by atoms with E-state index in [9.17, 15) is 13.2 Å². The Bertz CT molecular complexity index is 1250. The van der Waals surface area contributed by atoms with Crippen LogP contribution in [0.5, 0.6) is 0 Å². The highest BCUT2D eigenvalue weighted by Crippen LogP contribution is 2.38. The molecule has 172 valence electrons. The summed E-state index contributed by atoms with van der Waals surface area (Å²) in [6.45, 7) is 1.84. The molecular weight excluding hydrogens is 441 g/mol. The Hall–Kier alpha value is -3.10. The van der Waals surface area contributed by atoms with Crippen LogP contribution in [-0.2, 0) is 16.6 Å². The van der Waals surface area contributed by atoms with E-state index in [1.807, 2.05) is 37.3 Å². The number of benzene rings is 2. The maximum Gasteiger partial charge on any atom is 0.269 e. The number of hydrogen-bond donors (Lipinski definition) is 1. The van der Waals surface area contributed by atoms with Gasteiger partial charge in [-0.2, -0.15) is 4.31 Å². The van der Waals surface area contributed by atoms with Crippen molar-refractivity contribution in [2.24, 2.45) is 0 Å². The van der Waals surface area contributed by atoms with Crippen LogP contribution in [0.15, 0.2) is 66.9 Å². The van der Waals surface area contributed by atoms with Gasteiger partial charge in [0.15, 0.2) is 0 Å². The molecule has 0 bridgehead atoms. The van der Waals surface area contributed by atoms with E-state index in [2.05, 4.69) is 10.3 Å². The third-order valence-electron chi connectivity index (χ3n) is 6.13. The summed E-state index contributed by atoms with van der Waals surface area (Å²) in [6.07, 6.45) is 2.77. The highest BCUT2D eigenvalue weighted by molar-refractivity contribution is 7.89. The summed E-state index contributed by atoms with van der Waals surface area (Å²) < 4.78 is 43.3. The predicted octanol–water partition coefficient (Wildman–Crippen LogP) is 4.30. The molecule has 3 aromatic rings. The summed E-state index contributed by atoms with van der Waals surface area (Å²) in [5.41, 5.74) is 2.62. The molecule has 1 N–H and O–H groups in total. The number of carbonyl (C=O) groups is 1. The Morgan fingerprint density at radius 1 is 1.09 bits per heavy atom. The van der Waals surface area contributed by atoms with Crippen molar-refractivity contribution in [1.29, 1.82) is 0 Å². The number of nitrogens with zero attached hydrogens (tertiary/aromatic N) is 2. The molecule has 1 saturated heterocycles. The van der Waals surface area contributed by atoms with Crippen molar-refractivity contribution >= 4 is 15.9 Å². The van der Waals surface area contributed by atoms with Gasteiger partial charge in [-0.25, -0.2) is 12.8 Å². The maximum absolute atomic E-state index is 15.0. The van der Waals surface area contributed by atoms with Gasteiger partial charge in [0.1, 0.15) is 16.8 Å². The van der Waals surface area contributed by atoms with Gasteiger partial charge in [0.2, 0.25) is 10.0 Å². The number of hydrogen-bond acceptors (Lipinski definition) is 4.